The average Bonchev–Trinajstić information content (AvgIpc) is 3.10. The van der Waals surface area contributed by atoms with E-state index in [4.69, 9.17) is 0 Å². The van der Waals surface area contributed by atoms with E-state index in [0.717, 1.165) is 0 Å². The largest absolute Gasteiger partial charge is 0.345 e. The van der Waals surface area contributed by atoms with E-state index in [9.17, 15) is 9.18 Å². The number of pyridine rings is 1. The first-order valence-corrected chi connectivity index (χ1v) is 6.29. The zero-order valence-corrected chi connectivity index (χ0v) is 11.0. The molecule has 0 unspecified atom stereocenters. The third-order valence-corrected chi connectivity index (χ3v) is 2.82. The number of amides is 1. The number of nitrogens with one attached hydrogen (secondary N) is 1. The smallest absolute Gasteiger partial charge is 0.245 e. The highest BCUT2D eigenvalue weighted by molar-refractivity contribution is 5.89. The summed E-state index contributed by atoms with van der Waals surface area (Å²) in [5.41, 5.74) is 0.536. The lowest BCUT2D eigenvalue weighted by atomic mass is 10.4. The van der Waals surface area contributed by atoms with E-state index in [0.29, 0.717) is 11.5 Å². The van der Waals surface area contributed by atoms with Gasteiger partial charge < -0.3 is 9.88 Å². The fourth-order valence-corrected chi connectivity index (χ4v) is 1.89. The summed E-state index contributed by atoms with van der Waals surface area (Å²) in [4.78, 5) is 15.3. The third kappa shape index (κ3) is 3.14. The maximum atomic E-state index is 13.1. The van der Waals surface area contributed by atoms with E-state index in [2.05, 4.69) is 15.4 Å². The van der Waals surface area contributed by atoms with Gasteiger partial charge in [-0.25, -0.2) is 9.67 Å². The Morgan fingerprint density at radius 3 is 2.81 bits per heavy atom. The number of rotatable bonds is 4. The maximum absolute atomic E-state index is 13.1. The molecule has 1 amide bonds. The Labute approximate surface area is 119 Å². The van der Waals surface area contributed by atoms with Crippen LogP contribution in [0.15, 0.2) is 55.1 Å². The van der Waals surface area contributed by atoms with E-state index in [1.54, 1.807) is 35.3 Å². The number of hydrogen-bond acceptors (Lipinski definition) is 3. The second-order valence-electron chi connectivity index (χ2n) is 4.39. The van der Waals surface area contributed by atoms with Gasteiger partial charge in [0.05, 0.1) is 5.69 Å². The van der Waals surface area contributed by atoms with E-state index in [1.807, 2.05) is 12.1 Å². The molecular weight excluding hydrogens is 273 g/mol. The lowest BCUT2D eigenvalue weighted by molar-refractivity contribution is -0.116. The number of carbonyl (C=O) groups excluding carboxylic acids is 1. The van der Waals surface area contributed by atoms with Crippen LogP contribution in [0.5, 0.6) is 0 Å². The van der Waals surface area contributed by atoms with Gasteiger partial charge in [0.2, 0.25) is 11.9 Å². The number of halogens is 1. The standard InChI is InChI=1S/C14H12FN5O/c15-12-9-11(3-5-16-12)20-8-4-13(18-20)17-14(21)10-19-6-1-2-7-19/h1-9H,10H2,(H,17,18,21). The molecule has 6 nitrogen and oxygen atoms in total. The van der Waals surface area contributed by atoms with Gasteiger partial charge >= 0.3 is 0 Å². The second-order valence-corrected chi connectivity index (χ2v) is 4.39. The molecule has 0 saturated heterocycles. The number of aromatic nitrogens is 4. The molecule has 0 aliphatic rings. The van der Waals surface area contributed by atoms with Crippen molar-refractivity contribution in [3.05, 3.63) is 61.1 Å². The van der Waals surface area contributed by atoms with Crippen molar-refractivity contribution in [3.63, 3.8) is 0 Å². The van der Waals surface area contributed by atoms with Crippen molar-refractivity contribution in [2.75, 3.05) is 5.32 Å². The molecule has 0 radical (unpaired) electrons. The van der Waals surface area contributed by atoms with Gasteiger partial charge in [0.15, 0.2) is 5.82 Å². The molecule has 0 bridgehead atoms. The van der Waals surface area contributed by atoms with E-state index < -0.39 is 5.95 Å². The molecule has 0 aliphatic carbocycles. The predicted octanol–water partition coefficient (Wildman–Crippen LogP) is 1.85. The molecule has 3 aromatic heterocycles. The van der Waals surface area contributed by atoms with Crippen LogP contribution in [-0.2, 0) is 11.3 Å². The number of anilines is 1. The second kappa shape index (κ2) is 5.58. The summed E-state index contributed by atoms with van der Waals surface area (Å²) >= 11 is 0. The van der Waals surface area contributed by atoms with Crippen LogP contribution >= 0.6 is 0 Å². The van der Waals surface area contributed by atoms with Crippen LogP contribution in [0, 0.1) is 5.95 Å². The summed E-state index contributed by atoms with van der Waals surface area (Å²) in [5.74, 6) is -0.358. The Kier molecular flexibility index (Phi) is 3.46. The minimum atomic E-state index is -0.582. The van der Waals surface area contributed by atoms with Crippen molar-refractivity contribution in [2.24, 2.45) is 0 Å². The molecule has 0 spiro atoms. The highest BCUT2D eigenvalue weighted by Crippen LogP contribution is 2.10. The van der Waals surface area contributed by atoms with Crippen LogP contribution in [0.25, 0.3) is 5.69 Å². The zero-order valence-electron chi connectivity index (χ0n) is 11.0. The molecule has 3 aromatic rings. The quantitative estimate of drug-likeness (QED) is 0.744. The molecule has 21 heavy (non-hydrogen) atoms. The van der Waals surface area contributed by atoms with Crippen molar-refractivity contribution in [1.82, 2.24) is 19.3 Å². The molecular formula is C14H12FN5O. The van der Waals surface area contributed by atoms with Crippen molar-refractivity contribution in [3.8, 4) is 5.69 Å². The van der Waals surface area contributed by atoms with Gasteiger partial charge in [-0.1, -0.05) is 0 Å². The summed E-state index contributed by atoms with van der Waals surface area (Å²) in [6.45, 7) is 0.212. The maximum Gasteiger partial charge on any atom is 0.245 e. The first-order chi connectivity index (χ1) is 10.2. The fourth-order valence-electron chi connectivity index (χ4n) is 1.89. The Hall–Kier alpha value is -2.96. The molecule has 1 N–H and O–H groups in total. The summed E-state index contributed by atoms with van der Waals surface area (Å²) < 4.78 is 16.3. The van der Waals surface area contributed by atoms with Gasteiger partial charge in [0, 0.05) is 36.9 Å². The topological polar surface area (TPSA) is 64.7 Å². The van der Waals surface area contributed by atoms with Gasteiger partial charge in [-0.05, 0) is 18.2 Å². The molecule has 3 heterocycles. The normalized spacial score (nSPS) is 10.5. The number of carbonyl (C=O) groups is 1. The summed E-state index contributed by atoms with van der Waals surface area (Å²) in [6, 6.07) is 8.23. The van der Waals surface area contributed by atoms with Crippen LogP contribution in [-0.4, -0.2) is 25.2 Å². The van der Waals surface area contributed by atoms with Gasteiger partial charge in [-0.15, -0.1) is 0 Å². The Morgan fingerprint density at radius 1 is 1.24 bits per heavy atom. The van der Waals surface area contributed by atoms with Crippen molar-refractivity contribution < 1.29 is 9.18 Å². The van der Waals surface area contributed by atoms with Gasteiger partial charge in [-0.2, -0.15) is 9.49 Å². The van der Waals surface area contributed by atoms with Crippen molar-refractivity contribution in [1.29, 1.82) is 0 Å². The first-order valence-electron chi connectivity index (χ1n) is 6.29. The van der Waals surface area contributed by atoms with Crippen molar-refractivity contribution in [2.45, 2.75) is 6.54 Å². The predicted molar refractivity (Wildman–Crippen MR) is 74.4 cm³/mol. The zero-order chi connectivity index (χ0) is 14.7. The molecule has 0 saturated carbocycles. The SMILES string of the molecule is O=C(Cn1cccc1)Nc1ccn(-c2ccnc(F)c2)n1. The number of nitrogens with zero attached hydrogens (tertiary/aromatic N) is 4. The van der Waals surface area contributed by atoms with Gasteiger partial charge in [0.1, 0.15) is 6.54 Å². The van der Waals surface area contributed by atoms with Crippen LogP contribution in [0.2, 0.25) is 0 Å². The Bertz CT molecular complexity index is 750. The highest BCUT2D eigenvalue weighted by Gasteiger charge is 2.07. The van der Waals surface area contributed by atoms with Crippen LogP contribution in [0.4, 0.5) is 10.2 Å². The van der Waals surface area contributed by atoms with Crippen molar-refractivity contribution >= 4 is 11.7 Å². The molecule has 3 rings (SSSR count). The minimum absolute atomic E-state index is 0.183. The fraction of sp³-hybridized carbons (Fsp3) is 0.0714. The van der Waals surface area contributed by atoms with E-state index in [-0.39, 0.29) is 12.5 Å². The minimum Gasteiger partial charge on any atom is -0.345 e. The summed E-state index contributed by atoms with van der Waals surface area (Å²) in [5, 5.41) is 6.86. The van der Waals surface area contributed by atoms with Crippen LogP contribution < -0.4 is 5.32 Å². The lowest BCUT2D eigenvalue weighted by Gasteiger charge is -2.03. The van der Waals surface area contributed by atoms with Crippen LogP contribution in [0.3, 0.4) is 0 Å². The van der Waals surface area contributed by atoms with Crippen LogP contribution in [0.1, 0.15) is 0 Å². The number of hydrogen-bond donors (Lipinski definition) is 1. The monoisotopic (exact) mass is 285 g/mol. The molecule has 0 aromatic carbocycles. The van der Waals surface area contributed by atoms with Gasteiger partial charge in [0.25, 0.3) is 0 Å². The average molecular weight is 285 g/mol. The highest BCUT2D eigenvalue weighted by atomic mass is 19.1. The lowest BCUT2D eigenvalue weighted by Crippen LogP contribution is -2.18. The van der Waals surface area contributed by atoms with E-state index in [1.165, 1.54) is 16.9 Å². The Morgan fingerprint density at radius 2 is 2.05 bits per heavy atom. The Balaban J connectivity index is 1.69. The molecule has 106 valence electrons. The first kappa shape index (κ1) is 13.0. The van der Waals surface area contributed by atoms with E-state index >= 15 is 0 Å². The van der Waals surface area contributed by atoms with Gasteiger partial charge in [-0.3, -0.25) is 4.79 Å². The molecule has 0 aliphatic heterocycles. The molecule has 7 heteroatoms. The molecule has 0 fully saturated rings. The summed E-state index contributed by atoms with van der Waals surface area (Å²) in [7, 11) is 0. The third-order valence-electron chi connectivity index (χ3n) is 2.82. The molecule has 0 atom stereocenters. The summed E-state index contributed by atoms with van der Waals surface area (Å²) in [6.07, 6.45) is 6.60.